The van der Waals surface area contributed by atoms with Crippen LogP contribution in [-0.4, -0.2) is 21.8 Å². The van der Waals surface area contributed by atoms with Gasteiger partial charge in [-0.25, -0.2) is 13.8 Å². The van der Waals surface area contributed by atoms with Crippen LogP contribution in [0.25, 0.3) is 5.65 Å². The topological polar surface area (TPSA) is 46.4 Å². The molecule has 112 valence electrons. The SMILES string of the molecule is O=C(NCCc1ccc(F)cc1)c1cn2cc(F)ccc2n1. The second-order valence-electron chi connectivity index (χ2n) is 4.87. The molecule has 0 aliphatic heterocycles. The van der Waals surface area contributed by atoms with Crippen LogP contribution in [0, 0.1) is 11.6 Å². The highest BCUT2D eigenvalue weighted by atomic mass is 19.1. The van der Waals surface area contributed by atoms with Gasteiger partial charge in [-0.15, -0.1) is 0 Å². The number of imidazole rings is 1. The zero-order valence-electron chi connectivity index (χ0n) is 11.6. The van der Waals surface area contributed by atoms with Crippen LogP contribution in [0.15, 0.2) is 48.8 Å². The number of amides is 1. The number of halogens is 2. The lowest BCUT2D eigenvalue weighted by Gasteiger charge is -2.03. The normalized spacial score (nSPS) is 10.8. The summed E-state index contributed by atoms with van der Waals surface area (Å²) in [4.78, 5) is 16.1. The molecule has 1 N–H and O–H groups in total. The third-order valence-corrected chi connectivity index (χ3v) is 3.26. The Morgan fingerprint density at radius 1 is 1.05 bits per heavy atom. The van der Waals surface area contributed by atoms with Gasteiger partial charge in [0.1, 0.15) is 23.0 Å². The van der Waals surface area contributed by atoms with Gasteiger partial charge in [0.2, 0.25) is 0 Å². The van der Waals surface area contributed by atoms with Crippen molar-refractivity contribution in [2.45, 2.75) is 6.42 Å². The Morgan fingerprint density at radius 3 is 2.55 bits per heavy atom. The maximum Gasteiger partial charge on any atom is 0.271 e. The first kappa shape index (κ1) is 14.2. The molecular weight excluding hydrogens is 288 g/mol. The number of rotatable bonds is 4. The number of carbonyl (C=O) groups excluding carboxylic acids is 1. The number of aromatic nitrogens is 2. The Morgan fingerprint density at radius 2 is 1.77 bits per heavy atom. The molecule has 0 fully saturated rings. The molecule has 0 spiro atoms. The van der Waals surface area contributed by atoms with Crippen LogP contribution in [0.4, 0.5) is 8.78 Å². The van der Waals surface area contributed by atoms with Crippen LogP contribution in [0.2, 0.25) is 0 Å². The van der Waals surface area contributed by atoms with Crippen molar-refractivity contribution in [1.82, 2.24) is 14.7 Å². The lowest BCUT2D eigenvalue weighted by Crippen LogP contribution is -2.25. The van der Waals surface area contributed by atoms with Gasteiger partial charge in [0.25, 0.3) is 5.91 Å². The van der Waals surface area contributed by atoms with Gasteiger partial charge in [0, 0.05) is 18.9 Å². The summed E-state index contributed by atoms with van der Waals surface area (Å²) in [5, 5.41) is 2.74. The molecule has 22 heavy (non-hydrogen) atoms. The molecule has 3 aromatic rings. The maximum atomic E-state index is 13.1. The van der Waals surface area contributed by atoms with Crippen LogP contribution in [-0.2, 0) is 6.42 Å². The third-order valence-electron chi connectivity index (χ3n) is 3.26. The van der Waals surface area contributed by atoms with Crippen LogP contribution in [0.5, 0.6) is 0 Å². The number of pyridine rings is 1. The van der Waals surface area contributed by atoms with Crippen molar-refractivity contribution in [1.29, 1.82) is 0 Å². The van der Waals surface area contributed by atoms with E-state index in [9.17, 15) is 13.6 Å². The summed E-state index contributed by atoms with van der Waals surface area (Å²) in [6.45, 7) is 0.409. The zero-order valence-corrected chi connectivity index (χ0v) is 11.6. The van der Waals surface area contributed by atoms with Crippen LogP contribution < -0.4 is 5.32 Å². The zero-order chi connectivity index (χ0) is 15.5. The van der Waals surface area contributed by atoms with Gasteiger partial charge >= 0.3 is 0 Å². The molecule has 0 saturated heterocycles. The number of hydrogen-bond acceptors (Lipinski definition) is 2. The molecule has 0 atom stereocenters. The van der Waals surface area contributed by atoms with Crippen molar-refractivity contribution in [2.75, 3.05) is 6.54 Å². The summed E-state index contributed by atoms with van der Waals surface area (Å²) in [5.74, 6) is -1.01. The quantitative estimate of drug-likeness (QED) is 0.805. The van der Waals surface area contributed by atoms with E-state index < -0.39 is 5.82 Å². The predicted molar refractivity (Wildman–Crippen MR) is 77.6 cm³/mol. The molecule has 0 unspecified atom stereocenters. The summed E-state index contributed by atoms with van der Waals surface area (Å²) in [7, 11) is 0. The Labute approximate surface area is 125 Å². The van der Waals surface area contributed by atoms with Gasteiger partial charge in [-0.05, 0) is 36.2 Å². The fourth-order valence-corrected chi connectivity index (χ4v) is 2.14. The van der Waals surface area contributed by atoms with Crippen molar-refractivity contribution in [3.05, 3.63) is 71.7 Å². The van der Waals surface area contributed by atoms with E-state index in [1.807, 2.05) is 0 Å². The fourth-order valence-electron chi connectivity index (χ4n) is 2.14. The molecule has 2 heterocycles. The van der Waals surface area contributed by atoms with Crippen molar-refractivity contribution >= 4 is 11.6 Å². The highest BCUT2D eigenvalue weighted by molar-refractivity contribution is 5.92. The number of carbonyl (C=O) groups is 1. The minimum absolute atomic E-state index is 0.227. The number of hydrogen-bond donors (Lipinski definition) is 1. The largest absolute Gasteiger partial charge is 0.350 e. The first-order valence-electron chi connectivity index (χ1n) is 6.79. The summed E-state index contributed by atoms with van der Waals surface area (Å²) < 4.78 is 27.3. The number of nitrogens with one attached hydrogen (secondary N) is 1. The second-order valence-corrected chi connectivity index (χ2v) is 4.87. The van der Waals surface area contributed by atoms with Gasteiger partial charge < -0.3 is 9.72 Å². The fraction of sp³-hybridized carbons (Fsp3) is 0.125. The van der Waals surface area contributed by atoms with Crippen LogP contribution in [0.1, 0.15) is 16.1 Å². The lowest BCUT2D eigenvalue weighted by molar-refractivity contribution is 0.0949. The number of fused-ring (bicyclic) bond motifs is 1. The predicted octanol–water partition coefficient (Wildman–Crippen LogP) is 2.59. The molecule has 4 nitrogen and oxygen atoms in total. The van der Waals surface area contributed by atoms with Crippen molar-refractivity contribution < 1.29 is 13.6 Å². The first-order chi connectivity index (χ1) is 10.6. The van der Waals surface area contributed by atoms with E-state index >= 15 is 0 Å². The number of benzene rings is 1. The van der Waals surface area contributed by atoms with Gasteiger partial charge in [0.15, 0.2) is 0 Å². The number of nitrogens with zero attached hydrogens (tertiary/aromatic N) is 2. The van der Waals surface area contributed by atoms with Crippen LogP contribution >= 0.6 is 0 Å². The summed E-state index contributed by atoms with van der Waals surface area (Å²) in [6, 6.07) is 8.91. The third kappa shape index (κ3) is 3.11. The molecule has 6 heteroatoms. The standard InChI is InChI=1S/C16H13F2N3O/c17-12-3-1-11(2-4-12)7-8-19-16(22)14-10-21-9-13(18)5-6-15(21)20-14/h1-6,9-10H,7-8H2,(H,19,22). The molecule has 1 amide bonds. The van der Waals surface area contributed by atoms with Gasteiger partial charge in [-0.3, -0.25) is 4.79 Å². The van der Waals surface area contributed by atoms with E-state index in [1.165, 1.54) is 41.1 Å². The smallest absolute Gasteiger partial charge is 0.271 e. The summed E-state index contributed by atoms with van der Waals surface area (Å²) in [6.07, 6.45) is 3.33. The molecule has 0 aliphatic rings. The summed E-state index contributed by atoms with van der Waals surface area (Å²) >= 11 is 0. The molecule has 2 aromatic heterocycles. The maximum absolute atomic E-state index is 13.1. The molecule has 3 rings (SSSR count). The highest BCUT2D eigenvalue weighted by Crippen LogP contribution is 2.07. The summed E-state index contributed by atoms with van der Waals surface area (Å²) in [5.41, 5.74) is 1.66. The highest BCUT2D eigenvalue weighted by Gasteiger charge is 2.10. The minimum atomic E-state index is -0.395. The van der Waals surface area contributed by atoms with E-state index in [1.54, 1.807) is 12.1 Å². The molecule has 1 aromatic carbocycles. The van der Waals surface area contributed by atoms with E-state index in [0.29, 0.717) is 18.6 Å². The van der Waals surface area contributed by atoms with Gasteiger partial charge in [-0.1, -0.05) is 12.1 Å². The van der Waals surface area contributed by atoms with Crippen molar-refractivity contribution in [3.63, 3.8) is 0 Å². The van der Waals surface area contributed by atoms with Gasteiger partial charge in [0.05, 0.1) is 0 Å². The lowest BCUT2D eigenvalue weighted by atomic mass is 10.1. The van der Waals surface area contributed by atoms with Crippen LogP contribution in [0.3, 0.4) is 0 Å². The molecular formula is C16H13F2N3O. The average Bonchev–Trinajstić information content (AvgIpc) is 2.92. The average molecular weight is 301 g/mol. The Balaban J connectivity index is 1.62. The molecule has 0 aliphatic carbocycles. The first-order valence-corrected chi connectivity index (χ1v) is 6.79. The minimum Gasteiger partial charge on any atom is -0.350 e. The van der Waals surface area contributed by atoms with E-state index in [0.717, 1.165) is 5.56 Å². The Hall–Kier alpha value is -2.76. The van der Waals surface area contributed by atoms with E-state index in [-0.39, 0.29) is 17.4 Å². The Kier molecular flexibility index (Phi) is 3.82. The van der Waals surface area contributed by atoms with Crippen molar-refractivity contribution in [2.24, 2.45) is 0 Å². The second kappa shape index (κ2) is 5.93. The monoisotopic (exact) mass is 301 g/mol. The molecule has 0 radical (unpaired) electrons. The van der Waals surface area contributed by atoms with E-state index in [2.05, 4.69) is 10.3 Å². The van der Waals surface area contributed by atoms with Gasteiger partial charge in [-0.2, -0.15) is 0 Å². The van der Waals surface area contributed by atoms with Crippen molar-refractivity contribution in [3.8, 4) is 0 Å². The van der Waals surface area contributed by atoms with E-state index in [4.69, 9.17) is 0 Å². The Bertz CT molecular complexity index is 812. The molecule has 0 saturated carbocycles. The molecule has 0 bridgehead atoms.